The second-order valence-corrected chi connectivity index (χ2v) is 7.36. The van der Waals surface area contributed by atoms with E-state index >= 15 is 0 Å². The lowest BCUT2D eigenvalue weighted by Gasteiger charge is -2.42. The Kier molecular flexibility index (Phi) is 9.54. The van der Waals surface area contributed by atoms with Gasteiger partial charge < -0.3 is 15.0 Å². The van der Waals surface area contributed by atoms with Crippen LogP contribution in [0.25, 0.3) is 0 Å². The summed E-state index contributed by atoms with van der Waals surface area (Å²) in [7, 11) is 1.81. The molecule has 126 valence electrons. The van der Waals surface area contributed by atoms with Crippen LogP contribution in [0.15, 0.2) is 0 Å². The van der Waals surface area contributed by atoms with Crippen LogP contribution in [0.5, 0.6) is 0 Å². The predicted molar refractivity (Wildman–Crippen MR) is 91.8 cm³/mol. The van der Waals surface area contributed by atoms with Crippen LogP contribution in [-0.4, -0.2) is 51.3 Å². The molecule has 1 fully saturated rings. The molecule has 0 heterocycles. The van der Waals surface area contributed by atoms with Crippen LogP contribution in [0.1, 0.15) is 59.3 Å². The van der Waals surface area contributed by atoms with Gasteiger partial charge in [-0.1, -0.05) is 40.0 Å². The number of hydrogen-bond donors (Lipinski definition) is 1. The number of nitrogens with one attached hydrogen (secondary N) is 1. The molecule has 21 heavy (non-hydrogen) atoms. The third kappa shape index (κ3) is 7.62. The zero-order chi connectivity index (χ0) is 15.6. The summed E-state index contributed by atoms with van der Waals surface area (Å²) in [6.45, 7) is 13.6. The van der Waals surface area contributed by atoms with Crippen molar-refractivity contribution in [2.45, 2.75) is 59.3 Å². The van der Waals surface area contributed by atoms with E-state index in [4.69, 9.17) is 4.74 Å². The third-order valence-electron chi connectivity index (χ3n) is 4.63. The Morgan fingerprint density at radius 2 is 1.90 bits per heavy atom. The maximum Gasteiger partial charge on any atom is 0.0589 e. The van der Waals surface area contributed by atoms with Crippen molar-refractivity contribution in [3.05, 3.63) is 0 Å². The predicted octanol–water partition coefficient (Wildman–Crippen LogP) is 3.54. The Balaban J connectivity index is 2.60. The van der Waals surface area contributed by atoms with Crippen molar-refractivity contribution < 1.29 is 4.74 Å². The third-order valence-corrected chi connectivity index (χ3v) is 4.63. The summed E-state index contributed by atoms with van der Waals surface area (Å²) in [5, 5.41) is 3.70. The Bertz CT molecular complexity index is 250. The quantitative estimate of drug-likeness (QED) is 0.591. The Hall–Kier alpha value is -0.120. The van der Waals surface area contributed by atoms with E-state index < -0.39 is 0 Å². The molecular formula is C18H38N2O. The van der Waals surface area contributed by atoms with Crippen LogP contribution < -0.4 is 5.32 Å². The number of rotatable bonds is 11. The van der Waals surface area contributed by atoms with E-state index in [1.807, 2.05) is 7.11 Å². The molecule has 0 aliphatic heterocycles. The topological polar surface area (TPSA) is 24.5 Å². The fraction of sp³-hybridized carbons (Fsp3) is 1.00. The molecule has 0 aromatic rings. The molecule has 1 N–H and O–H groups in total. The summed E-state index contributed by atoms with van der Waals surface area (Å²) in [5.41, 5.74) is 0.496. The van der Waals surface area contributed by atoms with Crippen molar-refractivity contribution >= 4 is 0 Å². The van der Waals surface area contributed by atoms with Crippen LogP contribution in [0, 0.1) is 11.3 Å². The Morgan fingerprint density at radius 3 is 2.48 bits per heavy atom. The number of hydrogen-bond acceptors (Lipinski definition) is 3. The summed E-state index contributed by atoms with van der Waals surface area (Å²) >= 11 is 0. The number of ether oxygens (including phenoxy) is 1. The zero-order valence-corrected chi connectivity index (χ0v) is 14.9. The molecule has 0 aromatic carbocycles. The first-order valence-corrected chi connectivity index (χ1v) is 9.04. The van der Waals surface area contributed by atoms with E-state index in [0.29, 0.717) is 5.41 Å². The van der Waals surface area contributed by atoms with E-state index in [2.05, 4.69) is 31.0 Å². The van der Waals surface area contributed by atoms with Gasteiger partial charge in [-0.3, -0.25) is 0 Å². The van der Waals surface area contributed by atoms with Crippen LogP contribution in [0.2, 0.25) is 0 Å². The maximum atomic E-state index is 5.32. The van der Waals surface area contributed by atoms with Crippen molar-refractivity contribution in [1.29, 1.82) is 0 Å². The zero-order valence-electron chi connectivity index (χ0n) is 14.9. The van der Waals surface area contributed by atoms with Gasteiger partial charge in [0.15, 0.2) is 0 Å². The minimum atomic E-state index is 0.496. The summed E-state index contributed by atoms with van der Waals surface area (Å²) < 4.78 is 5.32. The molecule has 0 radical (unpaired) electrons. The van der Waals surface area contributed by atoms with Crippen LogP contribution >= 0.6 is 0 Å². The van der Waals surface area contributed by atoms with Gasteiger partial charge in [0.25, 0.3) is 0 Å². The Labute approximate surface area is 132 Å². The fourth-order valence-electron chi connectivity index (χ4n) is 3.67. The monoisotopic (exact) mass is 298 g/mol. The standard InChI is InChI=1S/C18H38N2O/c1-5-11-19-15-18(9-7-6-8-10-18)16-20(12-13-21-4)14-17(2)3/h17,19H,5-16H2,1-4H3. The highest BCUT2D eigenvalue weighted by atomic mass is 16.5. The molecule has 0 unspecified atom stereocenters. The average molecular weight is 299 g/mol. The molecule has 0 amide bonds. The molecule has 1 aliphatic carbocycles. The lowest BCUT2D eigenvalue weighted by atomic mass is 9.73. The highest BCUT2D eigenvalue weighted by Gasteiger charge is 2.33. The van der Waals surface area contributed by atoms with Crippen molar-refractivity contribution in [3.63, 3.8) is 0 Å². The van der Waals surface area contributed by atoms with Crippen LogP contribution in [0.4, 0.5) is 0 Å². The molecule has 0 saturated heterocycles. The van der Waals surface area contributed by atoms with Gasteiger partial charge in [0.05, 0.1) is 6.61 Å². The SMILES string of the molecule is CCCNCC1(CN(CCOC)CC(C)C)CCCCC1. The van der Waals surface area contributed by atoms with E-state index in [-0.39, 0.29) is 0 Å². The molecule has 0 bridgehead atoms. The van der Waals surface area contributed by atoms with Gasteiger partial charge in [0, 0.05) is 33.3 Å². The van der Waals surface area contributed by atoms with Gasteiger partial charge in [0.1, 0.15) is 0 Å². The first kappa shape index (κ1) is 18.9. The molecule has 0 spiro atoms. The second kappa shape index (κ2) is 10.6. The van der Waals surface area contributed by atoms with Crippen LogP contribution in [0.3, 0.4) is 0 Å². The lowest BCUT2D eigenvalue weighted by Crippen LogP contribution is -2.47. The smallest absolute Gasteiger partial charge is 0.0589 e. The summed E-state index contributed by atoms with van der Waals surface area (Å²) in [5.74, 6) is 0.728. The molecule has 1 rings (SSSR count). The minimum Gasteiger partial charge on any atom is -0.383 e. The summed E-state index contributed by atoms with van der Waals surface area (Å²) in [4.78, 5) is 2.65. The first-order chi connectivity index (χ1) is 10.1. The minimum absolute atomic E-state index is 0.496. The Morgan fingerprint density at radius 1 is 1.19 bits per heavy atom. The molecule has 1 saturated carbocycles. The molecular weight excluding hydrogens is 260 g/mol. The number of methoxy groups -OCH3 is 1. The van der Waals surface area contributed by atoms with Gasteiger partial charge in [-0.05, 0) is 37.1 Å². The molecule has 0 atom stereocenters. The van der Waals surface area contributed by atoms with Gasteiger partial charge in [-0.25, -0.2) is 0 Å². The molecule has 1 aliphatic rings. The van der Waals surface area contributed by atoms with E-state index in [0.717, 1.165) is 25.6 Å². The first-order valence-electron chi connectivity index (χ1n) is 9.04. The molecule has 3 nitrogen and oxygen atoms in total. The fourth-order valence-corrected chi connectivity index (χ4v) is 3.67. The summed E-state index contributed by atoms with van der Waals surface area (Å²) in [6, 6.07) is 0. The molecule has 0 aromatic heterocycles. The summed E-state index contributed by atoms with van der Waals surface area (Å²) in [6.07, 6.45) is 8.27. The van der Waals surface area contributed by atoms with E-state index in [9.17, 15) is 0 Å². The normalized spacial score (nSPS) is 18.6. The van der Waals surface area contributed by atoms with Gasteiger partial charge in [-0.2, -0.15) is 0 Å². The van der Waals surface area contributed by atoms with E-state index in [1.54, 1.807) is 0 Å². The highest BCUT2D eigenvalue weighted by Crippen LogP contribution is 2.36. The second-order valence-electron chi connectivity index (χ2n) is 7.36. The largest absolute Gasteiger partial charge is 0.383 e. The van der Waals surface area contributed by atoms with Crippen molar-refractivity contribution in [1.82, 2.24) is 10.2 Å². The van der Waals surface area contributed by atoms with Crippen molar-refractivity contribution in [2.75, 3.05) is 46.4 Å². The van der Waals surface area contributed by atoms with Crippen molar-refractivity contribution in [3.8, 4) is 0 Å². The lowest BCUT2D eigenvalue weighted by molar-refractivity contribution is 0.0722. The molecule has 3 heteroatoms. The van der Waals surface area contributed by atoms with Gasteiger partial charge in [0.2, 0.25) is 0 Å². The average Bonchev–Trinajstić information content (AvgIpc) is 2.45. The van der Waals surface area contributed by atoms with Gasteiger partial charge in [-0.15, -0.1) is 0 Å². The number of nitrogens with zero attached hydrogens (tertiary/aromatic N) is 1. The maximum absolute atomic E-state index is 5.32. The van der Waals surface area contributed by atoms with Crippen molar-refractivity contribution in [2.24, 2.45) is 11.3 Å². The van der Waals surface area contributed by atoms with E-state index in [1.165, 1.54) is 58.2 Å². The van der Waals surface area contributed by atoms with Crippen LogP contribution in [-0.2, 0) is 4.74 Å². The highest BCUT2D eigenvalue weighted by molar-refractivity contribution is 4.88. The van der Waals surface area contributed by atoms with Gasteiger partial charge >= 0.3 is 0 Å².